The first-order valence-electron chi connectivity index (χ1n) is 10.9. The fourth-order valence-corrected chi connectivity index (χ4v) is 4.34. The normalized spacial score (nSPS) is 22.2. The predicted molar refractivity (Wildman–Crippen MR) is 115 cm³/mol. The summed E-state index contributed by atoms with van der Waals surface area (Å²) in [5, 5.41) is 0. The quantitative estimate of drug-likeness (QED) is 0.801. The zero-order valence-electron chi connectivity index (χ0n) is 17.6. The van der Waals surface area contributed by atoms with Crippen molar-refractivity contribution >= 4 is 23.2 Å². The van der Waals surface area contributed by atoms with Gasteiger partial charge in [0.25, 0.3) is 0 Å². The van der Waals surface area contributed by atoms with E-state index in [2.05, 4.69) is 21.6 Å². The Balaban J connectivity index is 1.32. The van der Waals surface area contributed by atoms with Crippen molar-refractivity contribution in [3.63, 3.8) is 0 Å². The number of pyridine rings is 1. The first kappa shape index (κ1) is 20.2. The number of anilines is 3. The fraction of sp³-hybridized carbons (Fsp3) is 0.714. The second kappa shape index (κ2) is 9.17. The van der Waals surface area contributed by atoms with Gasteiger partial charge in [0.2, 0.25) is 5.91 Å². The third-order valence-electron chi connectivity index (χ3n) is 6.39. The maximum atomic E-state index is 12.5. The van der Waals surface area contributed by atoms with Gasteiger partial charge >= 0.3 is 0 Å². The molecular weight excluding hydrogens is 368 g/mol. The van der Waals surface area contributed by atoms with Crippen LogP contribution in [0.2, 0.25) is 0 Å². The van der Waals surface area contributed by atoms with E-state index < -0.39 is 0 Å². The lowest BCUT2D eigenvalue weighted by atomic mass is 9.99. The number of piperidine rings is 1. The van der Waals surface area contributed by atoms with Gasteiger partial charge < -0.3 is 25.2 Å². The van der Waals surface area contributed by atoms with Crippen molar-refractivity contribution in [2.45, 2.75) is 19.8 Å². The van der Waals surface area contributed by atoms with E-state index in [1.807, 2.05) is 17.0 Å². The van der Waals surface area contributed by atoms with E-state index in [0.717, 1.165) is 62.5 Å². The molecule has 0 spiro atoms. The number of hydrogen-bond acceptors (Lipinski definition) is 7. The summed E-state index contributed by atoms with van der Waals surface area (Å²) in [7, 11) is 0. The van der Waals surface area contributed by atoms with Crippen molar-refractivity contribution in [1.82, 2.24) is 14.8 Å². The number of hydrogen-bond donors (Lipinski definition) is 1. The van der Waals surface area contributed by atoms with E-state index in [9.17, 15) is 4.79 Å². The molecule has 3 fully saturated rings. The maximum absolute atomic E-state index is 12.5. The highest BCUT2D eigenvalue weighted by atomic mass is 16.5. The number of carbonyl (C=O) groups excluding carboxylic acids is 1. The molecule has 4 heterocycles. The van der Waals surface area contributed by atoms with Gasteiger partial charge in [-0.3, -0.25) is 9.69 Å². The zero-order chi connectivity index (χ0) is 20.2. The molecule has 3 saturated heterocycles. The molecule has 1 aromatic rings. The molecule has 0 aliphatic carbocycles. The summed E-state index contributed by atoms with van der Waals surface area (Å²) >= 11 is 0. The summed E-state index contributed by atoms with van der Waals surface area (Å²) in [5.41, 5.74) is 7.01. The third kappa shape index (κ3) is 4.93. The van der Waals surface area contributed by atoms with E-state index in [1.165, 1.54) is 12.8 Å². The number of nitrogen functional groups attached to an aromatic ring is 1. The first-order valence-corrected chi connectivity index (χ1v) is 10.9. The van der Waals surface area contributed by atoms with Gasteiger partial charge in [0.1, 0.15) is 5.82 Å². The number of piperazine rings is 1. The van der Waals surface area contributed by atoms with Crippen LogP contribution in [-0.2, 0) is 9.53 Å². The van der Waals surface area contributed by atoms with Gasteiger partial charge in [-0.15, -0.1) is 0 Å². The molecule has 4 rings (SSSR count). The smallest absolute Gasteiger partial charge is 0.236 e. The van der Waals surface area contributed by atoms with Crippen LogP contribution in [0.4, 0.5) is 17.3 Å². The lowest BCUT2D eigenvalue weighted by molar-refractivity contribution is -0.136. The van der Waals surface area contributed by atoms with Gasteiger partial charge in [-0.2, -0.15) is 0 Å². The third-order valence-corrected chi connectivity index (χ3v) is 6.39. The van der Waals surface area contributed by atoms with E-state index in [1.54, 1.807) is 0 Å². The number of ether oxygens (including phenoxy) is 1. The van der Waals surface area contributed by atoms with Crippen LogP contribution in [0.5, 0.6) is 0 Å². The summed E-state index contributed by atoms with van der Waals surface area (Å²) in [6.45, 7) is 11.1. The second-order valence-corrected chi connectivity index (χ2v) is 8.51. The molecule has 29 heavy (non-hydrogen) atoms. The molecule has 3 aliphatic heterocycles. The van der Waals surface area contributed by atoms with Crippen molar-refractivity contribution in [1.29, 1.82) is 0 Å². The second-order valence-electron chi connectivity index (χ2n) is 8.51. The highest BCUT2D eigenvalue weighted by molar-refractivity contribution is 5.78. The van der Waals surface area contributed by atoms with Crippen molar-refractivity contribution < 1.29 is 9.53 Å². The standard InChI is InChI=1S/C21H34N6O2/c1-17-4-6-27(7-5-17)21-18(22)2-3-19(23-21)25-10-8-24(9-11-25)16-20(28)26-12-14-29-15-13-26/h2-3,17H,4-16,22H2,1H3. The highest BCUT2D eigenvalue weighted by Gasteiger charge is 2.25. The highest BCUT2D eigenvalue weighted by Crippen LogP contribution is 2.29. The lowest BCUT2D eigenvalue weighted by Gasteiger charge is -2.37. The Morgan fingerprint density at radius 1 is 1.03 bits per heavy atom. The Hall–Kier alpha value is -2.06. The van der Waals surface area contributed by atoms with Crippen LogP contribution in [-0.4, -0.2) is 92.8 Å². The van der Waals surface area contributed by atoms with Crippen molar-refractivity contribution in [3.8, 4) is 0 Å². The molecule has 8 nitrogen and oxygen atoms in total. The van der Waals surface area contributed by atoms with Crippen LogP contribution in [0.3, 0.4) is 0 Å². The van der Waals surface area contributed by atoms with Crippen LogP contribution < -0.4 is 15.5 Å². The van der Waals surface area contributed by atoms with Crippen LogP contribution in [0, 0.1) is 5.92 Å². The van der Waals surface area contributed by atoms with Gasteiger partial charge in [-0.05, 0) is 30.9 Å². The number of morpholine rings is 1. The molecule has 2 N–H and O–H groups in total. The minimum atomic E-state index is 0.217. The largest absolute Gasteiger partial charge is 0.396 e. The Labute approximate surface area is 173 Å². The zero-order valence-corrected chi connectivity index (χ0v) is 17.6. The molecule has 160 valence electrons. The summed E-state index contributed by atoms with van der Waals surface area (Å²) in [6, 6.07) is 4.02. The molecule has 1 amide bonds. The predicted octanol–water partition coefficient (Wildman–Crippen LogP) is 0.881. The summed E-state index contributed by atoms with van der Waals surface area (Å²) in [4.78, 5) is 26.2. The van der Waals surface area contributed by atoms with Crippen LogP contribution in [0.15, 0.2) is 12.1 Å². The van der Waals surface area contributed by atoms with Crippen LogP contribution >= 0.6 is 0 Å². The lowest BCUT2D eigenvalue weighted by Crippen LogP contribution is -2.51. The van der Waals surface area contributed by atoms with E-state index in [-0.39, 0.29) is 5.91 Å². The first-order chi connectivity index (χ1) is 14.1. The van der Waals surface area contributed by atoms with Gasteiger partial charge in [0.15, 0.2) is 5.82 Å². The summed E-state index contributed by atoms with van der Waals surface area (Å²) in [5.74, 6) is 2.92. The number of carbonyl (C=O) groups is 1. The number of amides is 1. The Kier molecular flexibility index (Phi) is 6.40. The Morgan fingerprint density at radius 3 is 2.41 bits per heavy atom. The molecule has 3 aliphatic rings. The topological polar surface area (TPSA) is 78.2 Å². The van der Waals surface area contributed by atoms with Gasteiger partial charge in [-0.1, -0.05) is 6.92 Å². The summed E-state index contributed by atoms with van der Waals surface area (Å²) in [6.07, 6.45) is 2.39. The minimum absolute atomic E-state index is 0.217. The number of nitrogens with two attached hydrogens (primary N) is 1. The average molecular weight is 403 g/mol. The molecule has 0 bridgehead atoms. The molecule has 0 aromatic carbocycles. The molecule has 0 saturated carbocycles. The van der Waals surface area contributed by atoms with Gasteiger partial charge in [0, 0.05) is 52.4 Å². The molecule has 0 atom stereocenters. The SMILES string of the molecule is CC1CCN(c2nc(N3CCN(CC(=O)N4CCOCC4)CC3)ccc2N)CC1. The van der Waals surface area contributed by atoms with Gasteiger partial charge in [-0.25, -0.2) is 4.98 Å². The fourth-order valence-electron chi connectivity index (χ4n) is 4.34. The van der Waals surface area contributed by atoms with Crippen molar-refractivity contribution in [2.75, 3.05) is 87.7 Å². The van der Waals surface area contributed by atoms with E-state index in [4.69, 9.17) is 15.5 Å². The Morgan fingerprint density at radius 2 is 1.72 bits per heavy atom. The molecular formula is C21H34N6O2. The number of nitrogens with zero attached hydrogens (tertiary/aromatic N) is 5. The number of rotatable bonds is 4. The number of aromatic nitrogens is 1. The van der Waals surface area contributed by atoms with E-state index >= 15 is 0 Å². The summed E-state index contributed by atoms with van der Waals surface area (Å²) < 4.78 is 5.34. The Bertz CT molecular complexity index is 692. The molecule has 8 heteroatoms. The maximum Gasteiger partial charge on any atom is 0.236 e. The monoisotopic (exact) mass is 402 g/mol. The minimum Gasteiger partial charge on any atom is -0.396 e. The van der Waals surface area contributed by atoms with Gasteiger partial charge in [0.05, 0.1) is 25.4 Å². The van der Waals surface area contributed by atoms with Crippen molar-refractivity contribution in [3.05, 3.63) is 12.1 Å². The molecule has 1 aromatic heterocycles. The van der Waals surface area contributed by atoms with Crippen LogP contribution in [0.1, 0.15) is 19.8 Å². The van der Waals surface area contributed by atoms with E-state index in [0.29, 0.717) is 32.8 Å². The van der Waals surface area contributed by atoms with Crippen molar-refractivity contribution in [2.24, 2.45) is 5.92 Å². The van der Waals surface area contributed by atoms with Crippen LogP contribution in [0.25, 0.3) is 0 Å². The average Bonchev–Trinajstić information content (AvgIpc) is 2.76. The molecule has 0 radical (unpaired) electrons. The molecule has 0 unspecified atom stereocenters.